The number of carbonyl (C=O) groups excluding carboxylic acids is 1. The van der Waals surface area contributed by atoms with Crippen molar-refractivity contribution in [2.75, 3.05) is 5.32 Å². The van der Waals surface area contributed by atoms with Gasteiger partial charge < -0.3 is 5.32 Å². The third kappa shape index (κ3) is 4.62. The van der Waals surface area contributed by atoms with Gasteiger partial charge in [-0.1, -0.05) is 11.6 Å². The summed E-state index contributed by atoms with van der Waals surface area (Å²) in [5, 5.41) is 6.00. The summed E-state index contributed by atoms with van der Waals surface area (Å²) in [4.78, 5) is 16.3. The Kier molecular flexibility index (Phi) is 5.49. The van der Waals surface area contributed by atoms with Crippen LogP contribution in [0.15, 0.2) is 36.5 Å². The molecule has 1 heterocycles. The number of nitrogens with one attached hydrogen (secondary N) is 2. The van der Waals surface area contributed by atoms with Gasteiger partial charge in [0.2, 0.25) is 0 Å². The maximum atomic E-state index is 12.1. The Hall–Kier alpha value is -1.25. The standard InChI is InChI=1S/C14H11ClIN3OS/c1-8-4-5-17-12(6-8)18-14(21)19-13(20)10-7-9(16)2-3-11(10)15/h2-7H,1H3,(H2,17,18,19,20,21). The summed E-state index contributed by atoms with van der Waals surface area (Å²) in [5.41, 5.74) is 1.42. The molecule has 108 valence electrons. The fraction of sp³-hybridized carbons (Fsp3) is 0.0714. The molecule has 0 saturated carbocycles. The molecular formula is C14H11ClIN3OS. The van der Waals surface area contributed by atoms with E-state index in [4.69, 9.17) is 23.8 Å². The van der Waals surface area contributed by atoms with Gasteiger partial charge in [-0.15, -0.1) is 0 Å². The van der Waals surface area contributed by atoms with E-state index in [0.717, 1.165) is 9.13 Å². The number of pyridine rings is 1. The van der Waals surface area contributed by atoms with Crippen LogP contribution in [0.3, 0.4) is 0 Å². The van der Waals surface area contributed by atoms with Crippen LogP contribution in [0.4, 0.5) is 5.82 Å². The molecular weight excluding hydrogens is 421 g/mol. The normalized spacial score (nSPS) is 10.0. The third-order valence-electron chi connectivity index (χ3n) is 2.56. The molecule has 7 heteroatoms. The predicted octanol–water partition coefficient (Wildman–Crippen LogP) is 3.77. The van der Waals surface area contributed by atoms with Crippen molar-refractivity contribution in [3.8, 4) is 0 Å². The second-order valence-electron chi connectivity index (χ2n) is 4.25. The van der Waals surface area contributed by atoms with E-state index >= 15 is 0 Å². The second kappa shape index (κ2) is 7.15. The van der Waals surface area contributed by atoms with E-state index in [9.17, 15) is 4.79 Å². The molecule has 2 aromatic rings. The quantitative estimate of drug-likeness (QED) is 0.561. The number of benzene rings is 1. The van der Waals surface area contributed by atoms with Crippen LogP contribution >= 0.6 is 46.4 Å². The number of rotatable bonds is 2. The van der Waals surface area contributed by atoms with Crippen LogP contribution in [0.2, 0.25) is 5.02 Å². The molecule has 0 atom stereocenters. The second-order valence-corrected chi connectivity index (χ2v) is 6.31. The zero-order chi connectivity index (χ0) is 15.4. The highest BCUT2D eigenvalue weighted by molar-refractivity contribution is 14.1. The van der Waals surface area contributed by atoms with E-state index in [2.05, 4.69) is 38.2 Å². The van der Waals surface area contributed by atoms with Crippen molar-refractivity contribution in [2.24, 2.45) is 0 Å². The molecule has 1 aromatic heterocycles. The smallest absolute Gasteiger partial charge is 0.258 e. The van der Waals surface area contributed by atoms with E-state index in [1.807, 2.05) is 25.1 Å². The van der Waals surface area contributed by atoms with Crippen LogP contribution in [0.25, 0.3) is 0 Å². The maximum absolute atomic E-state index is 12.1. The highest BCUT2D eigenvalue weighted by Gasteiger charge is 2.12. The zero-order valence-electron chi connectivity index (χ0n) is 11.0. The van der Waals surface area contributed by atoms with Crippen molar-refractivity contribution in [2.45, 2.75) is 6.92 Å². The first-order valence-electron chi connectivity index (χ1n) is 5.96. The van der Waals surface area contributed by atoms with E-state index in [1.54, 1.807) is 18.3 Å². The molecule has 0 spiro atoms. The number of halogens is 2. The minimum absolute atomic E-state index is 0.174. The van der Waals surface area contributed by atoms with Crippen molar-refractivity contribution in [1.29, 1.82) is 0 Å². The van der Waals surface area contributed by atoms with Gasteiger partial charge in [0.25, 0.3) is 5.91 Å². The van der Waals surface area contributed by atoms with Crippen LogP contribution in [0, 0.1) is 10.5 Å². The lowest BCUT2D eigenvalue weighted by atomic mass is 10.2. The van der Waals surface area contributed by atoms with Gasteiger partial charge in [0.05, 0.1) is 10.6 Å². The highest BCUT2D eigenvalue weighted by atomic mass is 127. The molecule has 2 N–H and O–H groups in total. The number of hydrogen-bond acceptors (Lipinski definition) is 3. The van der Waals surface area contributed by atoms with Gasteiger partial charge >= 0.3 is 0 Å². The van der Waals surface area contributed by atoms with E-state index in [-0.39, 0.29) is 11.0 Å². The van der Waals surface area contributed by atoms with E-state index in [1.165, 1.54) is 0 Å². The summed E-state index contributed by atoms with van der Waals surface area (Å²) in [6, 6.07) is 8.91. The number of amides is 1. The Bertz CT molecular complexity index is 708. The minimum Gasteiger partial charge on any atom is -0.317 e. The Morgan fingerprint density at radius 1 is 1.33 bits per heavy atom. The predicted molar refractivity (Wildman–Crippen MR) is 96.8 cm³/mol. The van der Waals surface area contributed by atoms with Crippen molar-refractivity contribution in [3.05, 3.63) is 56.2 Å². The highest BCUT2D eigenvalue weighted by Crippen LogP contribution is 2.18. The summed E-state index contributed by atoms with van der Waals surface area (Å²) in [6.07, 6.45) is 1.67. The van der Waals surface area contributed by atoms with Gasteiger partial charge in [-0.2, -0.15) is 0 Å². The average molecular weight is 432 g/mol. The van der Waals surface area contributed by atoms with Crippen molar-refractivity contribution in [1.82, 2.24) is 10.3 Å². The summed E-state index contributed by atoms with van der Waals surface area (Å²) in [6.45, 7) is 1.94. The van der Waals surface area contributed by atoms with E-state index in [0.29, 0.717) is 16.4 Å². The summed E-state index contributed by atoms with van der Waals surface area (Å²) < 4.78 is 0.918. The molecule has 4 nitrogen and oxygen atoms in total. The van der Waals surface area contributed by atoms with Gasteiger partial charge in [-0.05, 0) is 77.6 Å². The number of aryl methyl sites for hydroxylation is 1. The molecule has 0 aliphatic carbocycles. The molecule has 21 heavy (non-hydrogen) atoms. The first-order valence-corrected chi connectivity index (χ1v) is 7.82. The van der Waals surface area contributed by atoms with Crippen molar-refractivity contribution in [3.63, 3.8) is 0 Å². The number of hydrogen-bond donors (Lipinski definition) is 2. The van der Waals surface area contributed by atoms with Gasteiger partial charge in [0, 0.05) is 9.77 Å². The van der Waals surface area contributed by atoms with Crippen LogP contribution in [-0.4, -0.2) is 16.0 Å². The number of anilines is 1. The fourth-order valence-corrected chi connectivity index (χ4v) is 2.49. The Morgan fingerprint density at radius 2 is 2.10 bits per heavy atom. The Labute approximate surface area is 146 Å². The summed E-state index contributed by atoms with van der Waals surface area (Å²) in [7, 11) is 0. The summed E-state index contributed by atoms with van der Waals surface area (Å²) >= 11 is 13.2. The van der Waals surface area contributed by atoms with Crippen LogP contribution in [0.5, 0.6) is 0 Å². The molecule has 1 amide bonds. The number of nitrogens with zero attached hydrogens (tertiary/aromatic N) is 1. The number of aromatic nitrogens is 1. The SMILES string of the molecule is Cc1ccnc(NC(=S)NC(=O)c2cc(I)ccc2Cl)c1. The zero-order valence-corrected chi connectivity index (χ0v) is 14.7. The first-order chi connectivity index (χ1) is 9.95. The van der Waals surface area contributed by atoms with Crippen LogP contribution in [0.1, 0.15) is 15.9 Å². The molecule has 0 aliphatic rings. The van der Waals surface area contributed by atoms with Crippen LogP contribution in [-0.2, 0) is 0 Å². The maximum Gasteiger partial charge on any atom is 0.258 e. The first kappa shape index (κ1) is 16.1. The molecule has 0 aliphatic heterocycles. The molecule has 2 rings (SSSR count). The number of carbonyl (C=O) groups is 1. The monoisotopic (exact) mass is 431 g/mol. The Morgan fingerprint density at radius 3 is 2.81 bits per heavy atom. The van der Waals surface area contributed by atoms with Gasteiger partial charge in [0.15, 0.2) is 5.11 Å². The minimum atomic E-state index is -0.358. The fourth-order valence-electron chi connectivity index (χ4n) is 1.59. The van der Waals surface area contributed by atoms with Gasteiger partial charge in [-0.25, -0.2) is 4.98 Å². The molecule has 0 radical (unpaired) electrons. The lowest BCUT2D eigenvalue weighted by Crippen LogP contribution is -2.34. The lowest BCUT2D eigenvalue weighted by Gasteiger charge is -2.10. The number of thiocarbonyl (C=S) groups is 1. The largest absolute Gasteiger partial charge is 0.317 e. The van der Waals surface area contributed by atoms with Crippen molar-refractivity contribution >= 4 is 63.2 Å². The molecule has 0 fully saturated rings. The average Bonchev–Trinajstić information content (AvgIpc) is 2.41. The Balaban J connectivity index is 2.05. The van der Waals surface area contributed by atoms with Gasteiger partial charge in [-0.3, -0.25) is 10.1 Å². The summed E-state index contributed by atoms with van der Waals surface area (Å²) in [5.74, 6) is 0.220. The molecule has 1 aromatic carbocycles. The van der Waals surface area contributed by atoms with Gasteiger partial charge in [0.1, 0.15) is 5.82 Å². The lowest BCUT2D eigenvalue weighted by molar-refractivity contribution is 0.0978. The topological polar surface area (TPSA) is 54.0 Å². The van der Waals surface area contributed by atoms with Crippen molar-refractivity contribution < 1.29 is 4.79 Å². The van der Waals surface area contributed by atoms with E-state index < -0.39 is 0 Å². The molecule has 0 unspecified atom stereocenters. The van der Waals surface area contributed by atoms with Crippen LogP contribution < -0.4 is 10.6 Å². The third-order valence-corrected chi connectivity index (χ3v) is 3.76. The molecule has 0 saturated heterocycles. The molecule has 0 bridgehead atoms.